The summed E-state index contributed by atoms with van der Waals surface area (Å²) >= 11 is 0. The first kappa shape index (κ1) is 14.0. The van der Waals surface area contributed by atoms with E-state index < -0.39 is 0 Å². The average Bonchev–Trinajstić information content (AvgIpc) is 3.07. The van der Waals surface area contributed by atoms with Gasteiger partial charge in [-0.1, -0.05) is 6.07 Å². The van der Waals surface area contributed by atoms with Crippen molar-refractivity contribution < 1.29 is 0 Å². The number of rotatable bonds is 4. The van der Waals surface area contributed by atoms with Crippen LogP contribution in [-0.2, 0) is 20.1 Å². The predicted octanol–water partition coefficient (Wildman–Crippen LogP) is 2.13. The Kier molecular flexibility index (Phi) is 3.51. The minimum Gasteiger partial charge on any atom is -0.353 e. The van der Waals surface area contributed by atoms with Crippen molar-refractivity contribution >= 4 is 0 Å². The number of likely N-dealkylation sites (tertiary alicyclic amines) is 2. The van der Waals surface area contributed by atoms with Crippen LogP contribution in [0.3, 0.4) is 0 Å². The molecule has 0 radical (unpaired) electrons. The number of aryl methyl sites for hydroxylation is 1. The van der Waals surface area contributed by atoms with E-state index >= 15 is 0 Å². The first-order valence-corrected chi connectivity index (χ1v) is 8.16. The average molecular weight is 296 g/mol. The van der Waals surface area contributed by atoms with Gasteiger partial charge in [0.05, 0.1) is 0 Å². The summed E-state index contributed by atoms with van der Waals surface area (Å²) in [6, 6.07) is 8.58. The topological polar surface area (TPSA) is 24.3 Å². The molecule has 0 amide bonds. The molecule has 0 aromatic carbocycles. The first-order chi connectivity index (χ1) is 10.7. The van der Waals surface area contributed by atoms with Gasteiger partial charge in [-0.3, -0.25) is 14.8 Å². The van der Waals surface area contributed by atoms with Gasteiger partial charge in [0.15, 0.2) is 0 Å². The molecule has 0 saturated carbocycles. The Morgan fingerprint density at radius 3 is 2.68 bits per heavy atom. The van der Waals surface area contributed by atoms with Crippen LogP contribution in [0.4, 0.5) is 0 Å². The van der Waals surface area contributed by atoms with E-state index in [-0.39, 0.29) is 0 Å². The van der Waals surface area contributed by atoms with Gasteiger partial charge in [-0.05, 0) is 36.7 Å². The molecule has 0 bridgehead atoms. The molecule has 4 heterocycles. The maximum Gasteiger partial charge on any atom is 0.0387 e. The van der Waals surface area contributed by atoms with E-state index in [4.69, 9.17) is 0 Å². The smallest absolute Gasteiger partial charge is 0.0387 e. The normalized spacial score (nSPS) is 21.3. The van der Waals surface area contributed by atoms with Gasteiger partial charge in [-0.2, -0.15) is 0 Å². The monoisotopic (exact) mass is 296 g/mol. The van der Waals surface area contributed by atoms with E-state index in [1.165, 1.54) is 43.9 Å². The summed E-state index contributed by atoms with van der Waals surface area (Å²) in [5.41, 5.74) is 3.30. The summed E-state index contributed by atoms with van der Waals surface area (Å²) in [5, 5.41) is 0. The molecule has 4 nitrogen and oxygen atoms in total. The first-order valence-electron chi connectivity index (χ1n) is 8.16. The lowest BCUT2D eigenvalue weighted by molar-refractivity contribution is 0.000220. The van der Waals surface area contributed by atoms with Crippen molar-refractivity contribution in [3.05, 3.63) is 54.1 Å². The van der Waals surface area contributed by atoms with Crippen LogP contribution >= 0.6 is 0 Å². The van der Waals surface area contributed by atoms with Gasteiger partial charge in [-0.25, -0.2) is 0 Å². The zero-order chi connectivity index (χ0) is 15.0. The van der Waals surface area contributed by atoms with E-state index in [1.807, 2.05) is 18.5 Å². The Morgan fingerprint density at radius 2 is 1.95 bits per heavy atom. The molecule has 2 aromatic rings. The summed E-state index contributed by atoms with van der Waals surface area (Å²) in [6.45, 7) is 7.11. The maximum atomic E-state index is 4.22. The lowest BCUT2D eigenvalue weighted by Gasteiger charge is -2.48. The van der Waals surface area contributed by atoms with E-state index in [0.29, 0.717) is 5.41 Å². The molecule has 4 heteroatoms. The molecular formula is C18H24N4. The fraction of sp³-hybridized carbons (Fsp3) is 0.500. The van der Waals surface area contributed by atoms with Crippen molar-refractivity contribution in [2.24, 2.45) is 12.5 Å². The fourth-order valence-electron chi connectivity index (χ4n) is 4.07. The Bertz CT molecular complexity index is 628. The van der Waals surface area contributed by atoms with Crippen LogP contribution in [0.2, 0.25) is 0 Å². The van der Waals surface area contributed by atoms with Gasteiger partial charge in [-0.15, -0.1) is 0 Å². The highest BCUT2D eigenvalue weighted by Crippen LogP contribution is 2.40. The van der Waals surface area contributed by atoms with Gasteiger partial charge in [0.1, 0.15) is 0 Å². The summed E-state index contributed by atoms with van der Waals surface area (Å²) < 4.78 is 2.23. The molecule has 2 aromatic heterocycles. The lowest BCUT2D eigenvalue weighted by Crippen LogP contribution is -2.56. The van der Waals surface area contributed by atoms with Crippen LogP contribution in [0.5, 0.6) is 0 Å². The van der Waals surface area contributed by atoms with Crippen LogP contribution in [0, 0.1) is 5.41 Å². The standard InChI is InChI=1S/C18H24N4/c1-20-8-3-5-17(20)12-22-14-18(15-22)6-9-21(13-18)11-16-4-2-7-19-10-16/h2-5,7-8,10H,6,9,11-15H2,1H3. The van der Waals surface area contributed by atoms with E-state index in [2.05, 4.69) is 50.8 Å². The second-order valence-electron chi connectivity index (χ2n) is 7.08. The van der Waals surface area contributed by atoms with Crippen LogP contribution in [-0.4, -0.2) is 45.5 Å². The molecule has 0 atom stereocenters. The number of hydrogen-bond acceptors (Lipinski definition) is 3. The van der Waals surface area contributed by atoms with Crippen molar-refractivity contribution in [3.8, 4) is 0 Å². The van der Waals surface area contributed by atoms with Crippen molar-refractivity contribution in [1.82, 2.24) is 19.4 Å². The van der Waals surface area contributed by atoms with Crippen molar-refractivity contribution in [2.75, 3.05) is 26.2 Å². The SMILES string of the molecule is Cn1cccc1CN1CC2(CCN(Cc3cccnc3)C2)C1. The zero-order valence-electron chi connectivity index (χ0n) is 13.3. The zero-order valence-corrected chi connectivity index (χ0v) is 13.3. The molecule has 1 spiro atoms. The fourth-order valence-corrected chi connectivity index (χ4v) is 4.07. The number of nitrogens with zero attached hydrogens (tertiary/aromatic N) is 4. The third-order valence-electron chi connectivity index (χ3n) is 5.20. The molecular weight excluding hydrogens is 272 g/mol. The van der Waals surface area contributed by atoms with Crippen LogP contribution in [0.15, 0.2) is 42.9 Å². The summed E-state index contributed by atoms with van der Waals surface area (Å²) in [4.78, 5) is 9.40. The maximum absolute atomic E-state index is 4.22. The number of pyridine rings is 1. The number of hydrogen-bond donors (Lipinski definition) is 0. The quantitative estimate of drug-likeness (QED) is 0.864. The van der Waals surface area contributed by atoms with Crippen molar-refractivity contribution in [2.45, 2.75) is 19.5 Å². The van der Waals surface area contributed by atoms with Gasteiger partial charge < -0.3 is 4.57 Å². The van der Waals surface area contributed by atoms with Gasteiger partial charge >= 0.3 is 0 Å². The number of aromatic nitrogens is 2. The highest BCUT2D eigenvalue weighted by molar-refractivity contribution is 5.12. The van der Waals surface area contributed by atoms with E-state index in [1.54, 1.807) is 0 Å². The third-order valence-corrected chi connectivity index (χ3v) is 5.20. The largest absolute Gasteiger partial charge is 0.353 e. The Morgan fingerprint density at radius 1 is 1.09 bits per heavy atom. The summed E-state index contributed by atoms with van der Waals surface area (Å²) in [7, 11) is 2.14. The molecule has 4 rings (SSSR count). The lowest BCUT2D eigenvalue weighted by atomic mass is 9.79. The molecule has 0 aliphatic carbocycles. The van der Waals surface area contributed by atoms with Crippen LogP contribution in [0.25, 0.3) is 0 Å². The van der Waals surface area contributed by atoms with Gasteiger partial charge in [0.2, 0.25) is 0 Å². The van der Waals surface area contributed by atoms with Crippen molar-refractivity contribution in [3.63, 3.8) is 0 Å². The minimum absolute atomic E-state index is 0.549. The highest BCUT2D eigenvalue weighted by atomic mass is 15.3. The van der Waals surface area contributed by atoms with Gasteiger partial charge in [0, 0.05) is 69.5 Å². The Balaban J connectivity index is 1.30. The minimum atomic E-state index is 0.549. The predicted molar refractivity (Wildman–Crippen MR) is 87.3 cm³/mol. The molecule has 0 N–H and O–H groups in total. The second-order valence-corrected chi connectivity index (χ2v) is 7.08. The molecule has 2 saturated heterocycles. The molecule has 2 aliphatic rings. The Hall–Kier alpha value is -1.65. The molecule has 116 valence electrons. The Labute approximate surface area is 132 Å². The molecule has 22 heavy (non-hydrogen) atoms. The summed E-state index contributed by atoms with van der Waals surface area (Å²) in [5.74, 6) is 0. The summed E-state index contributed by atoms with van der Waals surface area (Å²) in [6.07, 6.45) is 7.32. The van der Waals surface area contributed by atoms with Gasteiger partial charge in [0.25, 0.3) is 0 Å². The second kappa shape index (κ2) is 5.52. The highest BCUT2D eigenvalue weighted by Gasteiger charge is 2.47. The molecule has 0 unspecified atom stereocenters. The third kappa shape index (κ3) is 2.69. The van der Waals surface area contributed by atoms with Crippen LogP contribution in [0.1, 0.15) is 17.7 Å². The van der Waals surface area contributed by atoms with E-state index in [0.717, 1.165) is 13.1 Å². The van der Waals surface area contributed by atoms with Crippen LogP contribution < -0.4 is 0 Å². The van der Waals surface area contributed by atoms with Crippen molar-refractivity contribution in [1.29, 1.82) is 0 Å². The molecule has 2 fully saturated rings. The molecule has 2 aliphatic heterocycles. The van der Waals surface area contributed by atoms with E-state index in [9.17, 15) is 0 Å².